The van der Waals surface area contributed by atoms with Gasteiger partial charge in [0.1, 0.15) is 6.61 Å². The second kappa shape index (κ2) is 8.02. The van der Waals surface area contributed by atoms with Crippen molar-refractivity contribution in [3.8, 4) is 5.75 Å². The molecule has 0 heterocycles. The van der Waals surface area contributed by atoms with Gasteiger partial charge in [-0.1, -0.05) is 26.3 Å². The minimum Gasteiger partial charge on any atom is -0.485 e. The molecule has 0 radical (unpaired) electrons. The van der Waals surface area contributed by atoms with E-state index in [1.54, 1.807) is 13.0 Å². The Morgan fingerprint density at radius 2 is 1.81 bits per heavy atom. The summed E-state index contributed by atoms with van der Waals surface area (Å²) < 4.78 is 40.8. The zero-order valence-corrected chi connectivity index (χ0v) is 9.77. The van der Waals surface area contributed by atoms with Crippen LogP contribution >= 0.6 is 0 Å². The van der Waals surface area contributed by atoms with Crippen LogP contribution in [0.2, 0.25) is 0 Å². The lowest BCUT2D eigenvalue weighted by Gasteiger charge is -2.06. The van der Waals surface area contributed by atoms with Gasteiger partial charge >= 0.3 is 0 Å². The lowest BCUT2D eigenvalue weighted by atomic mass is 10.2. The Kier molecular flexibility index (Phi) is 7.42. The molecular formula is C12H17F3O. The Bertz CT molecular complexity index is 300. The lowest BCUT2D eigenvalue weighted by molar-refractivity contribution is 0.0799. The van der Waals surface area contributed by atoms with Crippen LogP contribution in [0.3, 0.4) is 0 Å². The Labute approximate surface area is 94.2 Å². The molecule has 0 spiro atoms. The highest BCUT2D eigenvalue weighted by Crippen LogP contribution is 2.18. The van der Waals surface area contributed by atoms with Gasteiger partial charge in [0, 0.05) is 0 Å². The second-order valence-electron chi connectivity index (χ2n) is 3.34. The average molecular weight is 234 g/mol. The SMILES string of the molecule is CCC.Cc1ccc(OCC(F)F)c(F)c1. The Balaban J connectivity index is 0.000000673. The molecule has 0 aliphatic rings. The number of hydrogen-bond acceptors (Lipinski definition) is 1. The van der Waals surface area contributed by atoms with Crippen LogP contribution in [0.15, 0.2) is 18.2 Å². The summed E-state index contributed by atoms with van der Waals surface area (Å²) in [6.45, 7) is 5.18. The molecule has 0 N–H and O–H groups in total. The minimum absolute atomic E-state index is 0.133. The summed E-state index contributed by atoms with van der Waals surface area (Å²) >= 11 is 0. The van der Waals surface area contributed by atoms with Gasteiger partial charge in [-0.3, -0.25) is 0 Å². The van der Waals surface area contributed by atoms with E-state index in [-0.39, 0.29) is 5.75 Å². The van der Waals surface area contributed by atoms with Gasteiger partial charge in [0.15, 0.2) is 11.6 Å². The van der Waals surface area contributed by atoms with E-state index in [4.69, 9.17) is 0 Å². The van der Waals surface area contributed by atoms with E-state index in [1.165, 1.54) is 18.6 Å². The smallest absolute Gasteiger partial charge is 0.272 e. The number of ether oxygens (including phenoxy) is 1. The molecule has 16 heavy (non-hydrogen) atoms. The molecule has 0 bridgehead atoms. The predicted molar refractivity (Wildman–Crippen MR) is 58.6 cm³/mol. The van der Waals surface area contributed by atoms with Crippen molar-refractivity contribution in [2.45, 2.75) is 33.6 Å². The third-order valence-electron chi connectivity index (χ3n) is 1.45. The van der Waals surface area contributed by atoms with Gasteiger partial charge in [-0.15, -0.1) is 0 Å². The highest BCUT2D eigenvalue weighted by Gasteiger charge is 2.07. The van der Waals surface area contributed by atoms with Crippen LogP contribution in [-0.2, 0) is 0 Å². The van der Waals surface area contributed by atoms with E-state index in [2.05, 4.69) is 18.6 Å². The third kappa shape index (κ3) is 6.32. The van der Waals surface area contributed by atoms with Crippen molar-refractivity contribution in [3.05, 3.63) is 29.6 Å². The molecule has 0 aromatic heterocycles. The molecule has 1 aromatic carbocycles. The summed E-state index contributed by atoms with van der Waals surface area (Å²) in [5.74, 6) is -0.744. The molecule has 0 fully saturated rings. The third-order valence-corrected chi connectivity index (χ3v) is 1.45. The van der Waals surface area contributed by atoms with Crippen molar-refractivity contribution < 1.29 is 17.9 Å². The molecule has 0 saturated heterocycles. The number of hydrogen-bond donors (Lipinski definition) is 0. The molecule has 4 heteroatoms. The first-order chi connectivity index (χ1) is 7.51. The van der Waals surface area contributed by atoms with E-state index in [0.717, 1.165) is 5.56 Å². The molecule has 1 aromatic rings. The van der Waals surface area contributed by atoms with Gasteiger partial charge in [0.25, 0.3) is 6.43 Å². The summed E-state index contributed by atoms with van der Waals surface area (Å²) in [6, 6.07) is 4.18. The van der Waals surface area contributed by atoms with E-state index >= 15 is 0 Å². The molecular weight excluding hydrogens is 217 g/mol. The summed E-state index contributed by atoms with van der Waals surface area (Å²) in [5, 5.41) is 0. The van der Waals surface area contributed by atoms with Gasteiger partial charge in [0.05, 0.1) is 0 Å². The van der Waals surface area contributed by atoms with Crippen LogP contribution < -0.4 is 4.74 Å². The molecule has 92 valence electrons. The summed E-state index contributed by atoms with van der Waals surface area (Å²) in [7, 11) is 0. The second-order valence-corrected chi connectivity index (χ2v) is 3.34. The maximum absolute atomic E-state index is 12.9. The number of halogens is 3. The first-order valence-electron chi connectivity index (χ1n) is 5.18. The highest BCUT2D eigenvalue weighted by molar-refractivity contribution is 5.28. The van der Waals surface area contributed by atoms with Crippen LogP contribution in [0, 0.1) is 12.7 Å². The number of aryl methyl sites for hydroxylation is 1. The van der Waals surface area contributed by atoms with Crippen molar-refractivity contribution in [3.63, 3.8) is 0 Å². The first-order valence-corrected chi connectivity index (χ1v) is 5.18. The zero-order chi connectivity index (χ0) is 12.6. The molecule has 1 rings (SSSR count). The van der Waals surface area contributed by atoms with Gasteiger partial charge in [-0.05, 0) is 24.6 Å². The predicted octanol–water partition coefficient (Wildman–Crippen LogP) is 4.19. The fourth-order valence-corrected chi connectivity index (χ4v) is 0.876. The van der Waals surface area contributed by atoms with E-state index in [9.17, 15) is 13.2 Å². The topological polar surface area (TPSA) is 9.23 Å². The zero-order valence-electron chi connectivity index (χ0n) is 9.77. The number of alkyl halides is 2. The Hall–Kier alpha value is -1.19. The molecule has 0 amide bonds. The van der Waals surface area contributed by atoms with Crippen molar-refractivity contribution in [1.29, 1.82) is 0 Å². The van der Waals surface area contributed by atoms with Crippen LogP contribution in [0.4, 0.5) is 13.2 Å². The normalized spacial score (nSPS) is 9.69. The lowest BCUT2D eigenvalue weighted by Crippen LogP contribution is -2.07. The number of benzene rings is 1. The van der Waals surface area contributed by atoms with Gasteiger partial charge in [0.2, 0.25) is 0 Å². The highest BCUT2D eigenvalue weighted by atomic mass is 19.3. The fraction of sp³-hybridized carbons (Fsp3) is 0.500. The average Bonchev–Trinajstić information content (AvgIpc) is 2.17. The maximum atomic E-state index is 12.9. The van der Waals surface area contributed by atoms with Gasteiger partial charge in [-0.25, -0.2) is 13.2 Å². The maximum Gasteiger partial charge on any atom is 0.272 e. The number of rotatable bonds is 3. The van der Waals surface area contributed by atoms with Gasteiger partial charge in [-0.2, -0.15) is 0 Å². The molecule has 0 aliphatic heterocycles. The van der Waals surface area contributed by atoms with Crippen LogP contribution in [0.5, 0.6) is 5.75 Å². The molecule has 0 aliphatic carbocycles. The van der Waals surface area contributed by atoms with Crippen LogP contribution in [-0.4, -0.2) is 13.0 Å². The summed E-state index contributed by atoms with van der Waals surface area (Å²) in [4.78, 5) is 0. The Morgan fingerprint density at radius 1 is 1.25 bits per heavy atom. The van der Waals surface area contributed by atoms with Crippen molar-refractivity contribution in [2.75, 3.05) is 6.61 Å². The standard InChI is InChI=1S/C9H9F3O.C3H8/c1-6-2-3-8(7(10)4-6)13-5-9(11)12;1-3-2/h2-4,9H,5H2,1H3;3H2,1-2H3. The van der Waals surface area contributed by atoms with E-state index in [1.807, 2.05) is 0 Å². The summed E-state index contributed by atoms with van der Waals surface area (Å²) in [5.41, 5.74) is 0.724. The van der Waals surface area contributed by atoms with Crippen molar-refractivity contribution in [2.24, 2.45) is 0 Å². The first kappa shape index (κ1) is 14.8. The van der Waals surface area contributed by atoms with Gasteiger partial charge < -0.3 is 4.74 Å². The molecule has 0 atom stereocenters. The monoisotopic (exact) mass is 234 g/mol. The minimum atomic E-state index is -2.58. The van der Waals surface area contributed by atoms with Crippen molar-refractivity contribution in [1.82, 2.24) is 0 Å². The largest absolute Gasteiger partial charge is 0.485 e. The molecule has 1 nitrogen and oxygen atoms in total. The Morgan fingerprint density at radius 3 is 2.25 bits per heavy atom. The fourth-order valence-electron chi connectivity index (χ4n) is 0.876. The van der Waals surface area contributed by atoms with E-state index in [0.29, 0.717) is 0 Å². The quantitative estimate of drug-likeness (QED) is 0.761. The molecule has 0 saturated carbocycles. The van der Waals surface area contributed by atoms with E-state index < -0.39 is 18.8 Å². The van der Waals surface area contributed by atoms with Crippen LogP contribution in [0.1, 0.15) is 25.8 Å². The molecule has 0 unspecified atom stereocenters. The summed E-state index contributed by atoms with van der Waals surface area (Å²) in [6.07, 6.45) is -1.33. The van der Waals surface area contributed by atoms with Crippen LogP contribution in [0.25, 0.3) is 0 Å². The van der Waals surface area contributed by atoms with Crippen molar-refractivity contribution >= 4 is 0 Å².